The maximum atomic E-state index is 12.5. The van der Waals surface area contributed by atoms with Gasteiger partial charge in [0.1, 0.15) is 6.04 Å². The van der Waals surface area contributed by atoms with E-state index in [-0.39, 0.29) is 24.2 Å². The average Bonchev–Trinajstić information content (AvgIpc) is 3.31. The van der Waals surface area contributed by atoms with Gasteiger partial charge in [0.15, 0.2) is 0 Å². The van der Waals surface area contributed by atoms with Gasteiger partial charge in [-0.1, -0.05) is 6.07 Å². The van der Waals surface area contributed by atoms with Crippen molar-refractivity contribution in [2.45, 2.75) is 57.2 Å². The van der Waals surface area contributed by atoms with Crippen molar-refractivity contribution in [1.29, 1.82) is 0 Å². The van der Waals surface area contributed by atoms with E-state index in [9.17, 15) is 9.59 Å². The molecule has 3 unspecified atom stereocenters. The van der Waals surface area contributed by atoms with Crippen molar-refractivity contribution in [3.8, 4) is 0 Å². The molecule has 8 heteroatoms. The van der Waals surface area contributed by atoms with E-state index in [1.54, 1.807) is 36.1 Å². The molecule has 0 spiro atoms. The molecular formula is C21H28ClN5O2. The van der Waals surface area contributed by atoms with Crippen molar-refractivity contribution < 1.29 is 9.59 Å². The van der Waals surface area contributed by atoms with E-state index in [4.69, 9.17) is 0 Å². The van der Waals surface area contributed by atoms with Crippen molar-refractivity contribution >= 4 is 35.6 Å². The van der Waals surface area contributed by atoms with Crippen LogP contribution in [0.4, 0.5) is 11.4 Å². The zero-order chi connectivity index (χ0) is 19.5. The van der Waals surface area contributed by atoms with Crippen LogP contribution in [-0.4, -0.2) is 33.7 Å². The molecule has 2 aliphatic heterocycles. The van der Waals surface area contributed by atoms with Gasteiger partial charge in [-0.25, -0.2) is 0 Å². The van der Waals surface area contributed by atoms with Crippen LogP contribution in [0.3, 0.4) is 0 Å². The third-order valence-electron chi connectivity index (χ3n) is 5.76. The topological polar surface area (TPSA) is 88.0 Å². The Hall–Kier alpha value is -2.38. The normalized spacial score (nSPS) is 23.7. The summed E-state index contributed by atoms with van der Waals surface area (Å²) in [6.45, 7) is 1.79. The second-order valence-corrected chi connectivity index (χ2v) is 7.96. The Balaban J connectivity index is 0.00000240. The zero-order valence-electron chi connectivity index (χ0n) is 16.5. The van der Waals surface area contributed by atoms with Crippen molar-refractivity contribution in [2.24, 2.45) is 5.92 Å². The monoisotopic (exact) mass is 417 g/mol. The van der Waals surface area contributed by atoms with E-state index >= 15 is 0 Å². The number of carbonyl (C=O) groups is 2. The molecule has 2 amide bonds. The van der Waals surface area contributed by atoms with Crippen LogP contribution in [0.15, 0.2) is 42.7 Å². The quantitative estimate of drug-likeness (QED) is 0.672. The van der Waals surface area contributed by atoms with Gasteiger partial charge >= 0.3 is 0 Å². The van der Waals surface area contributed by atoms with Gasteiger partial charge in [0.2, 0.25) is 11.8 Å². The number of hydrogen-bond acceptors (Lipinski definition) is 4. The largest absolute Gasteiger partial charge is 0.326 e. The van der Waals surface area contributed by atoms with E-state index in [2.05, 4.69) is 21.0 Å². The fourth-order valence-corrected chi connectivity index (χ4v) is 4.37. The van der Waals surface area contributed by atoms with Gasteiger partial charge in [0, 0.05) is 42.3 Å². The Morgan fingerprint density at radius 1 is 1.17 bits per heavy atom. The van der Waals surface area contributed by atoms with Gasteiger partial charge in [0.25, 0.3) is 0 Å². The number of nitrogens with zero attached hydrogens (tertiary/aromatic N) is 2. The highest BCUT2D eigenvalue weighted by Crippen LogP contribution is 2.32. The summed E-state index contributed by atoms with van der Waals surface area (Å²) >= 11 is 0. The minimum atomic E-state index is -0.413. The molecule has 2 aromatic rings. The van der Waals surface area contributed by atoms with Gasteiger partial charge in [-0.05, 0) is 62.8 Å². The number of fused-ring (bicyclic) bond motifs is 2. The number of anilines is 2. The van der Waals surface area contributed by atoms with Crippen LogP contribution in [0.5, 0.6) is 0 Å². The lowest BCUT2D eigenvalue weighted by Gasteiger charge is -2.28. The fourth-order valence-electron chi connectivity index (χ4n) is 4.37. The molecule has 3 atom stereocenters. The summed E-state index contributed by atoms with van der Waals surface area (Å²) in [6, 6.07) is 9.83. The Morgan fingerprint density at radius 3 is 2.52 bits per heavy atom. The molecule has 1 aromatic heterocycles. The Morgan fingerprint density at radius 2 is 1.86 bits per heavy atom. The summed E-state index contributed by atoms with van der Waals surface area (Å²) in [5.41, 5.74) is 1.35. The number of piperidine rings is 1. The molecule has 7 nitrogen and oxygen atoms in total. The van der Waals surface area contributed by atoms with Crippen LogP contribution in [-0.2, 0) is 9.59 Å². The highest BCUT2D eigenvalue weighted by molar-refractivity contribution is 5.95. The van der Waals surface area contributed by atoms with E-state index in [0.29, 0.717) is 35.8 Å². The molecule has 1 aromatic carbocycles. The molecule has 2 fully saturated rings. The van der Waals surface area contributed by atoms with Crippen LogP contribution < -0.4 is 16.0 Å². The number of nitrogens with one attached hydrogen (secondary N) is 3. The summed E-state index contributed by atoms with van der Waals surface area (Å²) < 4.78 is 1.60. The molecule has 0 radical (unpaired) electrons. The van der Waals surface area contributed by atoms with Crippen molar-refractivity contribution in [1.82, 2.24) is 15.1 Å². The lowest BCUT2D eigenvalue weighted by atomic mass is 9.89. The Labute approximate surface area is 177 Å². The van der Waals surface area contributed by atoms with Crippen molar-refractivity contribution in [2.75, 3.05) is 10.6 Å². The summed E-state index contributed by atoms with van der Waals surface area (Å²) in [7, 11) is 0. The second kappa shape index (κ2) is 9.41. The third-order valence-corrected chi connectivity index (χ3v) is 5.76. The van der Waals surface area contributed by atoms with Gasteiger partial charge in [-0.15, -0.1) is 12.4 Å². The van der Waals surface area contributed by atoms with Gasteiger partial charge in [-0.3, -0.25) is 14.3 Å². The number of amides is 2. The molecule has 29 heavy (non-hydrogen) atoms. The number of rotatable bonds is 6. The zero-order valence-corrected chi connectivity index (χ0v) is 17.3. The first-order valence-electron chi connectivity index (χ1n) is 10.0. The van der Waals surface area contributed by atoms with Crippen LogP contribution in [0.2, 0.25) is 0 Å². The molecule has 2 aliphatic rings. The standard InChI is InChI=1S/C21H27N5O2.ClH/c1-14(26-9-3-8-22-26)21(28)25-17-5-2-4-16(13-17)24-20(27)12-15-10-18-6-7-19(11-15)23-18;/h2-5,8-9,13-15,18-19,23H,6-7,10-12H2,1H3,(H,24,27)(H,25,28);1H. The minimum absolute atomic E-state index is 0. The molecule has 4 rings (SSSR count). The fraction of sp³-hybridized carbons (Fsp3) is 0.476. The number of benzene rings is 1. The summed E-state index contributed by atoms with van der Waals surface area (Å²) in [6.07, 6.45) is 8.61. The molecule has 0 saturated carbocycles. The lowest BCUT2D eigenvalue weighted by molar-refractivity contribution is -0.119. The summed E-state index contributed by atoms with van der Waals surface area (Å²) in [4.78, 5) is 24.9. The van der Waals surface area contributed by atoms with Crippen LogP contribution in [0, 0.1) is 5.92 Å². The maximum absolute atomic E-state index is 12.5. The SMILES string of the molecule is CC(C(=O)Nc1cccc(NC(=O)CC2CC3CCC(C2)N3)c1)n1cccn1.Cl. The third kappa shape index (κ3) is 5.36. The number of carbonyl (C=O) groups excluding carboxylic acids is 2. The molecule has 156 valence electrons. The van der Waals surface area contributed by atoms with Gasteiger partial charge in [0.05, 0.1) is 0 Å². The highest BCUT2D eigenvalue weighted by atomic mass is 35.5. The van der Waals surface area contributed by atoms with E-state index in [1.807, 2.05) is 18.2 Å². The Kier molecular flexibility index (Phi) is 6.92. The first-order chi connectivity index (χ1) is 13.6. The molecule has 3 N–H and O–H groups in total. The lowest BCUT2D eigenvalue weighted by Crippen LogP contribution is -2.39. The predicted octanol–water partition coefficient (Wildman–Crippen LogP) is 3.36. The number of aromatic nitrogens is 2. The number of hydrogen-bond donors (Lipinski definition) is 3. The smallest absolute Gasteiger partial charge is 0.248 e. The van der Waals surface area contributed by atoms with Gasteiger partial charge < -0.3 is 16.0 Å². The minimum Gasteiger partial charge on any atom is -0.326 e. The van der Waals surface area contributed by atoms with Crippen LogP contribution in [0.25, 0.3) is 0 Å². The predicted molar refractivity (Wildman–Crippen MR) is 115 cm³/mol. The first-order valence-corrected chi connectivity index (χ1v) is 10.0. The van der Waals surface area contributed by atoms with E-state index < -0.39 is 6.04 Å². The average molecular weight is 418 g/mol. The summed E-state index contributed by atoms with van der Waals surface area (Å²) in [5, 5.41) is 13.6. The first kappa shape index (κ1) is 21.3. The van der Waals surface area contributed by atoms with E-state index in [0.717, 1.165) is 12.8 Å². The van der Waals surface area contributed by atoms with Crippen molar-refractivity contribution in [3.63, 3.8) is 0 Å². The molecule has 2 saturated heterocycles. The van der Waals surface area contributed by atoms with Gasteiger partial charge in [-0.2, -0.15) is 5.10 Å². The second-order valence-electron chi connectivity index (χ2n) is 7.96. The molecule has 2 bridgehead atoms. The maximum Gasteiger partial charge on any atom is 0.248 e. The highest BCUT2D eigenvalue weighted by Gasteiger charge is 2.34. The van der Waals surface area contributed by atoms with E-state index in [1.165, 1.54) is 12.8 Å². The summed E-state index contributed by atoms with van der Waals surface area (Å²) in [5.74, 6) is 0.341. The van der Waals surface area contributed by atoms with Crippen molar-refractivity contribution in [3.05, 3.63) is 42.7 Å². The van der Waals surface area contributed by atoms with Crippen LogP contribution in [0.1, 0.15) is 45.1 Å². The van der Waals surface area contributed by atoms with Crippen LogP contribution >= 0.6 is 12.4 Å². The Bertz CT molecular complexity index is 829. The molecule has 3 heterocycles. The molecular weight excluding hydrogens is 390 g/mol. The number of halogens is 1. The molecule has 0 aliphatic carbocycles.